The van der Waals surface area contributed by atoms with Crippen LogP contribution in [0.4, 0.5) is 0 Å². The number of rotatable bonds is 4. The van der Waals surface area contributed by atoms with Crippen molar-refractivity contribution in [2.45, 2.75) is 6.42 Å². The molecule has 0 fully saturated rings. The third-order valence-electron chi connectivity index (χ3n) is 6.00. The zero-order valence-electron chi connectivity index (χ0n) is 19.1. The molecule has 0 aliphatic rings. The maximum absolute atomic E-state index is 12.8. The number of hydrogen-bond acceptors (Lipinski definition) is 6. The first-order chi connectivity index (χ1) is 18.0. The summed E-state index contributed by atoms with van der Waals surface area (Å²) in [7, 11) is 0. The zero-order chi connectivity index (χ0) is 25.5. The molecule has 0 saturated carbocycles. The quantitative estimate of drug-likeness (QED) is 0.209. The molecule has 0 aliphatic carbocycles. The lowest BCUT2D eigenvalue weighted by Gasteiger charge is -2.07. The maximum atomic E-state index is 12.8. The van der Waals surface area contributed by atoms with E-state index >= 15 is 0 Å². The molecule has 0 saturated heterocycles. The molecular weight excluding hydrogens is 600 g/mol. The average Bonchev–Trinajstić information content (AvgIpc) is 2.90. The first kappa shape index (κ1) is 23.5. The van der Waals surface area contributed by atoms with Gasteiger partial charge in [0.25, 0.3) is 0 Å². The van der Waals surface area contributed by atoms with Crippen molar-refractivity contribution in [3.63, 3.8) is 0 Å². The van der Waals surface area contributed by atoms with Gasteiger partial charge in [-0.2, -0.15) is 0 Å². The van der Waals surface area contributed by atoms with E-state index < -0.39 is 11.3 Å². The summed E-state index contributed by atoms with van der Waals surface area (Å²) in [6.07, 6.45) is 0.503. The van der Waals surface area contributed by atoms with Gasteiger partial charge >= 0.3 is 11.3 Å². The van der Waals surface area contributed by atoms with Crippen LogP contribution in [0.1, 0.15) is 11.1 Å². The highest BCUT2D eigenvalue weighted by Crippen LogP contribution is 2.28. The fourth-order valence-electron chi connectivity index (χ4n) is 4.19. The molecule has 180 valence electrons. The van der Waals surface area contributed by atoms with Gasteiger partial charge in [-0.05, 0) is 97.9 Å². The highest BCUT2D eigenvalue weighted by Gasteiger charge is 2.14. The van der Waals surface area contributed by atoms with E-state index in [2.05, 4.69) is 41.8 Å². The summed E-state index contributed by atoms with van der Waals surface area (Å²) >= 11 is 6.95. The van der Waals surface area contributed by atoms with Crippen LogP contribution in [0.25, 0.3) is 44.7 Å². The van der Waals surface area contributed by atoms with Crippen molar-refractivity contribution in [2.75, 3.05) is 0 Å². The van der Waals surface area contributed by atoms with E-state index in [1.54, 1.807) is 12.1 Å². The molecule has 6 nitrogen and oxygen atoms in total. The largest absolute Gasteiger partial charge is 0.403 e. The number of fused-ring (bicyclic) bond motifs is 2. The van der Waals surface area contributed by atoms with Gasteiger partial charge in [-0.25, -0.2) is 19.6 Å². The summed E-state index contributed by atoms with van der Waals surface area (Å²) in [5, 5.41) is 0.793. The third-order valence-corrected chi connectivity index (χ3v) is 7.38. The smallest absolute Gasteiger partial charge is 0.347 e. The zero-order valence-corrected chi connectivity index (χ0v) is 22.2. The lowest BCUT2D eigenvalue weighted by atomic mass is 10.0. The predicted octanol–water partition coefficient (Wildman–Crippen LogP) is 7.14. The summed E-state index contributed by atoms with van der Waals surface area (Å²) in [5.74, 6) is 0.516. The molecule has 0 N–H and O–H groups in total. The van der Waals surface area contributed by atoms with Crippen LogP contribution in [0, 0.1) is 0 Å². The van der Waals surface area contributed by atoms with Crippen molar-refractivity contribution in [1.29, 1.82) is 0 Å². The molecule has 0 radical (unpaired) electrons. The van der Waals surface area contributed by atoms with Gasteiger partial charge in [0, 0.05) is 8.95 Å². The molecule has 6 rings (SSSR count). The minimum atomic E-state index is -0.458. The molecule has 2 aromatic heterocycles. The molecule has 0 spiro atoms. The van der Waals surface area contributed by atoms with E-state index in [1.165, 1.54) is 0 Å². The Morgan fingerprint density at radius 2 is 1.03 bits per heavy atom. The molecule has 8 heteroatoms. The van der Waals surface area contributed by atoms with Gasteiger partial charge in [-0.1, -0.05) is 36.4 Å². The Kier molecular flexibility index (Phi) is 6.06. The van der Waals surface area contributed by atoms with Crippen molar-refractivity contribution in [3.05, 3.63) is 126 Å². The van der Waals surface area contributed by atoms with Crippen LogP contribution in [0.5, 0.6) is 0 Å². The van der Waals surface area contributed by atoms with E-state index in [1.807, 2.05) is 72.8 Å². The second-order valence-electron chi connectivity index (χ2n) is 8.45. The van der Waals surface area contributed by atoms with Gasteiger partial charge in [0.15, 0.2) is 0 Å². The van der Waals surface area contributed by atoms with Crippen LogP contribution >= 0.6 is 31.9 Å². The van der Waals surface area contributed by atoms with Crippen LogP contribution in [0.2, 0.25) is 0 Å². The third kappa shape index (κ3) is 4.54. The predicted molar refractivity (Wildman–Crippen MR) is 150 cm³/mol. The molecule has 0 unspecified atom stereocenters. The number of aromatic nitrogens is 2. The van der Waals surface area contributed by atoms with Gasteiger partial charge in [0.1, 0.15) is 0 Å². The SMILES string of the molecule is O=c1oc(-c2ccccc2Br)nc2ccc(Cc3ccc4nc(-c5ccccc5Br)oc(=O)c4c3)cc12. The standard InChI is InChI=1S/C29H16Br2N2O4/c30-22-7-3-1-5-18(22)26-32-24-11-9-16(14-20(24)28(34)36-26)13-17-10-12-25-21(15-17)29(35)37-27(33-25)19-6-2-4-8-23(19)31/h1-12,14-15H,13H2. The monoisotopic (exact) mass is 614 g/mol. The Bertz CT molecular complexity index is 1810. The van der Waals surface area contributed by atoms with E-state index in [0.29, 0.717) is 39.4 Å². The minimum Gasteiger partial charge on any atom is -0.403 e. The summed E-state index contributed by atoms with van der Waals surface area (Å²) in [5.41, 5.74) is 3.37. The fourth-order valence-corrected chi connectivity index (χ4v) is 5.10. The van der Waals surface area contributed by atoms with Crippen molar-refractivity contribution in [3.8, 4) is 22.9 Å². The lowest BCUT2D eigenvalue weighted by molar-refractivity contribution is 0.517. The van der Waals surface area contributed by atoms with Crippen molar-refractivity contribution < 1.29 is 8.83 Å². The first-order valence-corrected chi connectivity index (χ1v) is 12.9. The van der Waals surface area contributed by atoms with Crippen LogP contribution in [-0.2, 0) is 6.42 Å². The molecule has 6 aromatic rings. The molecule has 2 heterocycles. The van der Waals surface area contributed by atoms with Gasteiger partial charge in [-0.15, -0.1) is 0 Å². The summed E-state index contributed by atoms with van der Waals surface area (Å²) < 4.78 is 12.6. The van der Waals surface area contributed by atoms with Crippen molar-refractivity contribution in [1.82, 2.24) is 9.97 Å². The number of halogens is 2. The number of nitrogens with zero attached hydrogens (tertiary/aromatic N) is 2. The normalized spacial score (nSPS) is 11.3. The summed E-state index contributed by atoms with van der Waals surface area (Å²) in [6.45, 7) is 0. The molecular formula is C29H16Br2N2O4. The van der Waals surface area contributed by atoms with Gasteiger partial charge < -0.3 is 8.83 Å². The molecule has 4 aromatic carbocycles. The van der Waals surface area contributed by atoms with E-state index in [0.717, 1.165) is 20.1 Å². The Morgan fingerprint density at radius 3 is 1.46 bits per heavy atom. The highest BCUT2D eigenvalue weighted by atomic mass is 79.9. The summed E-state index contributed by atoms with van der Waals surface area (Å²) in [4.78, 5) is 34.7. The Labute approximate surface area is 226 Å². The lowest BCUT2D eigenvalue weighted by Crippen LogP contribution is -2.05. The van der Waals surface area contributed by atoms with Crippen molar-refractivity contribution in [2.24, 2.45) is 0 Å². The first-order valence-electron chi connectivity index (χ1n) is 11.3. The second-order valence-corrected chi connectivity index (χ2v) is 10.2. The van der Waals surface area contributed by atoms with Crippen molar-refractivity contribution >= 4 is 53.7 Å². The molecule has 0 bridgehead atoms. The van der Waals surface area contributed by atoms with Gasteiger partial charge in [0.05, 0.1) is 32.9 Å². The Morgan fingerprint density at radius 1 is 0.595 bits per heavy atom. The molecule has 0 atom stereocenters. The van der Waals surface area contributed by atoms with Crippen LogP contribution in [0.3, 0.4) is 0 Å². The van der Waals surface area contributed by atoms with Gasteiger partial charge in [0.2, 0.25) is 11.8 Å². The second kappa shape index (κ2) is 9.53. The van der Waals surface area contributed by atoms with E-state index in [9.17, 15) is 9.59 Å². The van der Waals surface area contributed by atoms with Crippen LogP contribution < -0.4 is 11.3 Å². The molecule has 37 heavy (non-hydrogen) atoms. The molecule has 0 amide bonds. The Balaban J connectivity index is 1.34. The van der Waals surface area contributed by atoms with Crippen LogP contribution in [-0.4, -0.2) is 9.97 Å². The Hall–Kier alpha value is -3.88. The fraction of sp³-hybridized carbons (Fsp3) is 0.0345. The average molecular weight is 616 g/mol. The van der Waals surface area contributed by atoms with E-state index in [-0.39, 0.29) is 11.8 Å². The van der Waals surface area contributed by atoms with E-state index in [4.69, 9.17) is 8.83 Å². The molecule has 0 aliphatic heterocycles. The number of hydrogen-bond donors (Lipinski definition) is 0. The number of benzene rings is 4. The van der Waals surface area contributed by atoms with Crippen LogP contribution in [0.15, 0.2) is 112 Å². The summed E-state index contributed by atoms with van der Waals surface area (Å²) in [6, 6.07) is 25.9. The maximum Gasteiger partial charge on any atom is 0.347 e. The topological polar surface area (TPSA) is 86.2 Å². The highest BCUT2D eigenvalue weighted by molar-refractivity contribution is 9.11. The van der Waals surface area contributed by atoms with Gasteiger partial charge in [-0.3, -0.25) is 0 Å². The minimum absolute atomic E-state index is 0.258.